The van der Waals surface area contributed by atoms with Crippen LogP contribution in [0.5, 0.6) is 0 Å². The van der Waals surface area contributed by atoms with Gasteiger partial charge in [0.1, 0.15) is 11.4 Å². The van der Waals surface area contributed by atoms with E-state index in [2.05, 4.69) is 4.98 Å². The number of benzene rings is 1. The highest BCUT2D eigenvalue weighted by atomic mass is 19.1. The van der Waals surface area contributed by atoms with Gasteiger partial charge in [0.05, 0.1) is 19.6 Å². The summed E-state index contributed by atoms with van der Waals surface area (Å²) in [6.45, 7) is 0.307. The summed E-state index contributed by atoms with van der Waals surface area (Å²) in [5, 5.41) is 0. The normalized spacial score (nSPS) is 14.7. The Morgan fingerprint density at radius 1 is 1.21 bits per heavy atom. The molecule has 9 heteroatoms. The van der Waals surface area contributed by atoms with Gasteiger partial charge in [0.2, 0.25) is 0 Å². The zero-order valence-electron chi connectivity index (χ0n) is 15.3. The molecular weight excluding hydrogens is 369 g/mol. The number of carbonyl (C=O) groups excluding carboxylic acids is 2. The average Bonchev–Trinajstić information content (AvgIpc) is 2.71. The number of amides is 1. The molecule has 1 N–H and O–H groups in total. The van der Waals surface area contributed by atoms with Crippen molar-refractivity contribution in [2.24, 2.45) is 5.92 Å². The largest absolute Gasteiger partial charge is 0.469 e. The van der Waals surface area contributed by atoms with Crippen molar-refractivity contribution in [3.8, 4) is 0 Å². The summed E-state index contributed by atoms with van der Waals surface area (Å²) in [6.07, 6.45) is 1.95. The number of hydrogen-bond acceptors (Lipinski definition) is 5. The van der Waals surface area contributed by atoms with Gasteiger partial charge in [-0.05, 0) is 18.9 Å². The highest BCUT2D eigenvalue weighted by Gasteiger charge is 2.29. The molecule has 1 aliphatic heterocycles. The van der Waals surface area contributed by atoms with Crippen LogP contribution < -0.4 is 11.2 Å². The van der Waals surface area contributed by atoms with Gasteiger partial charge in [-0.3, -0.25) is 19.0 Å². The van der Waals surface area contributed by atoms with E-state index in [1.54, 1.807) is 6.07 Å². The molecule has 0 saturated carbocycles. The minimum absolute atomic E-state index is 0.165. The molecule has 1 amide bonds. The number of nitrogens with zero attached hydrogens (tertiary/aromatic N) is 2. The van der Waals surface area contributed by atoms with Gasteiger partial charge in [-0.15, -0.1) is 0 Å². The first-order valence-electron chi connectivity index (χ1n) is 8.85. The van der Waals surface area contributed by atoms with Gasteiger partial charge >= 0.3 is 11.7 Å². The van der Waals surface area contributed by atoms with Crippen molar-refractivity contribution in [2.75, 3.05) is 20.2 Å². The highest BCUT2D eigenvalue weighted by Crippen LogP contribution is 2.19. The SMILES string of the molecule is COC(=O)C1CCN(C(=O)c2c[nH]c(=O)n(Cc3ccccc3F)c2=O)CC1. The van der Waals surface area contributed by atoms with Crippen LogP contribution in [-0.4, -0.2) is 46.5 Å². The fourth-order valence-electron chi connectivity index (χ4n) is 3.26. The summed E-state index contributed by atoms with van der Waals surface area (Å²) in [7, 11) is 1.32. The van der Waals surface area contributed by atoms with Gasteiger partial charge in [-0.2, -0.15) is 0 Å². The molecule has 1 aliphatic rings. The van der Waals surface area contributed by atoms with E-state index in [1.165, 1.54) is 30.2 Å². The molecular formula is C19H20FN3O5. The van der Waals surface area contributed by atoms with Crippen molar-refractivity contribution in [1.29, 1.82) is 0 Å². The number of hydrogen-bond donors (Lipinski definition) is 1. The Labute approximate surface area is 159 Å². The number of halogens is 1. The Kier molecular flexibility index (Phi) is 5.72. The Morgan fingerprint density at radius 2 is 1.89 bits per heavy atom. The smallest absolute Gasteiger partial charge is 0.328 e. The number of H-pyrrole nitrogens is 1. The lowest BCUT2D eigenvalue weighted by Crippen LogP contribution is -2.45. The lowest BCUT2D eigenvalue weighted by Gasteiger charge is -2.30. The van der Waals surface area contributed by atoms with E-state index in [9.17, 15) is 23.6 Å². The number of aromatic amines is 1. The van der Waals surface area contributed by atoms with Crippen molar-refractivity contribution in [3.05, 3.63) is 68.2 Å². The second-order valence-corrected chi connectivity index (χ2v) is 6.58. The quantitative estimate of drug-likeness (QED) is 0.778. The number of likely N-dealkylation sites (tertiary alicyclic amines) is 1. The van der Waals surface area contributed by atoms with E-state index in [0.717, 1.165) is 10.8 Å². The van der Waals surface area contributed by atoms with Gasteiger partial charge in [-0.1, -0.05) is 18.2 Å². The number of piperidine rings is 1. The standard InChI is InChI=1S/C19H20FN3O5/c1-28-18(26)12-6-8-22(9-7-12)16(24)14-10-21-19(27)23(17(14)25)11-13-4-2-3-5-15(13)20/h2-5,10,12H,6-9,11H2,1H3,(H,21,27). The Bertz CT molecular complexity index is 1010. The Balaban J connectivity index is 1.83. The molecule has 0 atom stereocenters. The van der Waals surface area contributed by atoms with E-state index in [1.807, 2.05) is 0 Å². The van der Waals surface area contributed by atoms with Gasteiger partial charge < -0.3 is 14.6 Å². The zero-order chi connectivity index (χ0) is 20.3. The second kappa shape index (κ2) is 8.20. The van der Waals surface area contributed by atoms with Crippen molar-refractivity contribution in [1.82, 2.24) is 14.5 Å². The molecule has 28 heavy (non-hydrogen) atoms. The van der Waals surface area contributed by atoms with Crippen LogP contribution in [0.2, 0.25) is 0 Å². The fourth-order valence-corrected chi connectivity index (χ4v) is 3.26. The van der Waals surface area contributed by atoms with E-state index in [4.69, 9.17) is 4.74 Å². The molecule has 3 rings (SSSR count). The van der Waals surface area contributed by atoms with E-state index >= 15 is 0 Å². The fraction of sp³-hybridized carbons (Fsp3) is 0.368. The summed E-state index contributed by atoms with van der Waals surface area (Å²) in [4.78, 5) is 53.0. The molecule has 0 radical (unpaired) electrons. The monoisotopic (exact) mass is 389 g/mol. The molecule has 8 nitrogen and oxygen atoms in total. The van der Waals surface area contributed by atoms with Crippen molar-refractivity contribution in [3.63, 3.8) is 0 Å². The van der Waals surface area contributed by atoms with Crippen LogP contribution >= 0.6 is 0 Å². The third-order valence-electron chi connectivity index (χ3n) is 4.89. The molecule has 1 fully saturated rings. The Hall–Kier alpha value is -3.23. The number of rotatable bonds is 4. The first kappa shape index (κ1) is 19.5. The molecule has 0 bridgehead atoms. The number of ether oxygens (including phenoxy) is 1. The maximum Gasteiger partial charge on any atom is 0.328 e. The molecule has 1 saturated heterocycles. The van der Waals surface area contributed by atoms with Gasteiger partial charge in [0, 0.05) is 24.8 Å². The third-order valence-corrected chi connectivity index (χ3v) is 4.89. The highest BCUT2D eigenvalue weighted by molar-refractivity contribution is 5.93. The van der Waals surface area contributed by atoms with E-state index < -0.39 is 23.0 Å². The maximum atomic E-state index is 13.9. The van der Waals surface area contributed by atoms with Crippen LogP contribution in [0.4, 0.5) is 4.39 Å². The summed E-state index contributed by atoms with van der Waals surface area (Å²) in [5.74, 6) is -1.67. The summed E-state index contributed by atoms with van der Waals surface area (Å²) in [6, 6.07) is 5.80. The lowest BCUT2D eigenvalue weighted by atomic mass is 9.96. The zero-order valence-corrected chi connectivity index (χ0v) is 15.3. The van der Waals surface area contributed by atoms with E-state index in [0.29, 0.717) is 25.9 Å². The van der Waals surface area contributed by atoms with Crippen LogP contribution in [0.1, 0.15) is 28.8 Å². The molecule has 0 spiro atoms. The van der Waals surface area contributed by atoms with Crippen LogP contribution in [0, 0.1) is 11.7 Å². The van der Waals surface area contributed by atoms with Gasteiger partial charge in [0.15, 0.2) is 0 Å². The number of methoxy groups -OCH3 is 1. The number of esters is 1. The molecule has 1 aromatic heterocycles. The number of carbonyl (C=O) groups is 2. The van der Waals surface area contributed by atoms with Crippen molar-refractivity contribution in [2.45, 2.75) is 19.4 Å². The Morgan fingerprint density at radius 3 is 2.54 bits per heavy atom. The van der Waals surface area contributed by atoms with Crippen molar-refractivity contribution >= 4 is 11.9 Å². The van der Waals surface area contributed by atoms with Crippen LogP contribution in [0.25, 0.3) is 0 Å². The first-order chi connectivity index (χ1) is 13.4. The average molecular weight is 389 g/mol. The summed E-state index contributed by atoms with van der Waals surface area (Å²) in [5.41, 5.74) is -1.55. The summed E-state index contributed by atoms with van der Waals surface area (Å²) < 4.78 is 19.4. The number of aromatic nitrogens is 2. The molecule has 2 aromatic rings. The first-order valence-corrected chi connectivity index (χ1v) is 8.85. The molecule has 0 unspecified atom stereocenters. The lowest BCUT2D eigenvalue weighted by molar-refractivity contribution is -0.146. The van der Waals surface area contributed by atoms with Crippen LogP contribution in [0.3, 0.4) is 0 Å². The summed E-state index contributed by atoms with van der Waals surface area (Å²) >= 11 is 0. The van der Waals surface area contributed by atoms with Crippen molar-refractivity contribution < 1.29 is 18.7 Å². The van der Waals surface area contributed by atoms with Gasteiger partial charge in [0.25, 0.3) is 11.5 Å². The molecule has 148 valence electrons. The maximum absolute atomic E-state index is 13.9. The molecule has 0 aliphatic carbocycles. The number of nitrogens with one attached hydrogen (secondary N) is 1. The van der Waals surface area contributed by atoms with Crippen LogP contribution in [-0.2, 0) is 16.1 Å². The molecule has 1 aromatic carbocycles. The van der Waals surface area contributed by atoms with Crippen LogP contribution in [0.15, 0.2) is 40.1 Å². The predicted molar refractivity (Wildman–Crippen MR) is 97.5 cm³/mol. The topological polar surface area (TPSA) is 101 Å². The van der Waals surface area contributed by atoms with Gasteiger partial charge in [-0.25, -0.2) is 9.18 Å². The predicted octanol–water partition coefficient (Wildman–Crippen LogP) is 0.749. The minimum Gasteiger partial charge on any atom is -0.469 e. The molecule has 2 heterocycles. The minimum atomic E-state index is -0.785. The third kappa shape index (κ3) is 3.88. The van der Waals surface area contributed by atoms with E-state index in [-0.39, 0.29) is 29.6 Å². The second-order valence-electron chi connectivity index (χ2n) is 6.58.